The minimum absolute atomic E-state index is 0.000285. The van der Waals surface area contributed by atoms with E-state index in [-0.39, 0.29) is 42.1 Å². The first-order chi connectivity index (χ1) is 18.7. The molecule has 10 heteroatoms. The molecule has 5 rings (SSSR count). The van der Waals surface area contributed by atoms with Crippen LogP contribution in [0.5, 0.6) is 5.75 Å². The largest absolute Gasteiger partial charge is 0.496 e. The van der Waals surface area contributed by atoms with Crippen molar-refractivity contribution in [3.63, 3.8) is 0 Å². The zero-order valence-electron chi connectivity index (χ0n) is 22.2. The molecular formula is C29H33F4N3O3. The maximum absolute atomic E-state index is 15.2. The average Bonchev–Trinajstić information content (AvgIpc) is 3.29. The highest BCUT2D eigenvalue weighted by atomic mass is 19.4. The lowest BCUT2D eigenvalue weighted by atomic mass is 9.88. The van der Waals surface area contributed by atoms with Crippen molar-refractivity contribution < 1.29 is 31.8 Å². The smallest absolute Gasteiger partial charge is 0.416 e. The molecule has 0 radical (unpaired) electrons. The van der Waals surface area contributed by atoms with E-state index in [0.29, 0.717) is 41.0 Å². The van der Waals surface area contributed by atoms with Gasteiger partial charge in [0.05, 0.1) is 43.2 Å². The van der Waals surface area contributed by atoms with Crippen molar-refractivity contribution in [1.29, 1.82) is 0 Å². The third-order valence-electron chi connectivity index (χ3n) is 7.89. The lowest BCUT2D eigenvalue weighted by Crippen LogP contribution is -2.51. The van der Waals surface area contributed by atoms with Crippen LogP contribution in [0.2, 0.25) is 0 Å². The van der Waals surface area contributed by atoms with Crippen molar-refractivity contribution in [1.82, 2.24) is 9.88 Å². The second-order valence-corrected chi connectivity index (χ2v) is 10.5. The second-order valence-electron chi connectivity index (χ2n) is 10.5. The van der Waals surface area contributed by atoms with Gasteiger partial charge in [-0.15, -0.1) is 0 Å². The van der Waals surface area contributed by atoms with Crippen LogP contribution in [0.4, 0.5) is 23.2 Å². The number of anilines is 1. The van der Waals surface area contributed by atoms with Gasteiger partial charge in [0.2, 0.25) is 0 Å². The van der Waals surface area contributed by atoms with Crippen LogP contribution in [0.1, 0.15) is 59.1 Å². The summed E-state index contributed by atoms with van der Waals surface area (Å²) in [7, 11) is 1.45. The lowest BCUT2D eigenvalue weighted by molar-refractivity contribution is -0.0737. The molecule has 1 aliphatic carbocycles. The predicted octanol–water partition coefficient (Wildman–Crippen LogP) is 5.44. The number of nitrogens with one attached hydrogen (secondary N) is 1. The number of piperidine rings is 1. The molecule has 0 bridgehead atoms. The highest BCUT2D eigenvalue weighted by Gasteiger charge is 2.40. The number of halogens is 4. The first-order valence-corrected chi connectivity index (χ1v) is 13.4. The Morgan fingerprint density at radius 3 is 2.56 bits per heavy atom. The number of aromatic nitrogens is 1. The number of fused-ring (bicyclic) bond motifs is 1. The molecule has 2 aliphatic heterocycles. The van der Waals surface area contributed by atoms with E-state index >= 15 is 4.39 Å². The number of ether oxygens (including phenoxy) is 2. The Bertz CT molecular complexity index is 1270. The van der Waals surface area contributed by atoms with Gasteiger partial charge >= 0.3 is 6.18 Å². The average molecular weight is 548 g/mol. The fourth-order valence-electron chi connectivity index (χ4n) is 5.74. The fraction of sp³-hybridized carbons (Fsp3) is 0.517. The van der Waals surface area contributed by atoms with Gasteiger partial charge in [-0.05, 0) is 57.0 Å². The van der Waals surface area contributed by atoms with Crippen molar-refractivity contribution in [2.75, 3.05) is 45.3 Å². The summed E-state index contributed by atoms with van der Waals surface area (Å²) in [5, 5.41) is 3.01. The third kappa shape index (κ3) is 5.82. The third-order valence-corrected chi connectivity index (χ3v) is 7.89. The summed E-state index contributed by atoms with van der Waals surface area (Å²) in [5.41, 5.74) is 1.01. The number of carbonyl (C=O) groups is 1. The summed E-state index contributed by atoms with van der Waals surface area (Å²) in [6.07, 6.45) is -1.05. The first kappa shape index (κ1) is 27.6. The zero-order chi connectivity index (χ0) is 27.7. The Morgan fingerprint density at radius 2 is 1.95 bits per heavy atom. The standard InChI is InChI=1S/C29H33F4N3O3/c1-3-34-25-13-19(35-24-5-4-22(28(24)25)29(31,32)33)11-18-12-23(30)21(14-27(18)38-2)26(37)10-17-6-8-36(9-7-17)20-15-39-16-20/h4,12-14,17,20H,3,5-11,15-16H2,1-2H3,(H,34,35). The van der Waals surface area contributed by atoms with Crippen LogP contribution in [-0.4, -0.2) is 67.8 Å². The zero-order valence-corrected chi connectivity index (χ0v) is 22.2. The Balaban J connectivity index is 1.32. The molecule has 0 amide bonds. The van der Waals surface area contributed by atoms with Gasteiger partial charge < -0.3 is 14.8 Å². The minimum Gasteiger partial charge on any atom is -0.496 e. The molecule has 1 N–H and O–H groups in total. The molecule has 2 saturated heterocycles. The van der Waals surface area contributed by atoms with Crippen LogP contribution in [0.25, 0.3) is 5.57 Å². The Labute approximate surface area is 225 Å². The maximum Gasteiger partial charge on any atom is 0.416 e. The van der Waals surface area contributed by atoms with Crippen molar-refractivity contribution in [3.8, 4) is 5.75 Å². The molecule has 3 heterocycles. The molecule has 2 aromatic rings. The number of allylic oxidation sites excluding steroid dienone is 2. The Morgan fingerprint density at radius 1 is 1.21 bits per heavy atom. The van der Waals surface area contributed by atoms with Gasteiger partial charge in [0.25, 0.3) is 0 Å². The summed E-state index contributed by atoms with van der Waals surface area (Å²) in [4.78, 5) is 19.9. The number of alkyl halides is 3. The van der Waals surface area contributed by atoms with Crippen molar-refractivity contribution in [2.45, 2.75) is 51.2 Å². The number of carbonyl (C=O) groups excluding carboxylic acids is 1. The topological polar surface area (TPSA) is 63.7 Å². The van der Waals surface area contributed by atoms with Gasteiger partial charge in [0.1, 0.15) is 11.6 Å². The van der Waals surface area contributed by atoms with Gasteiger partial charge in [0, 0.05) is 48.3 Å². The fourth-order valence-corrected chi connectivity index (χ4v) is 5.74. The van der Waals surface area contributed by atoms with E-state index in [0.717, 1.165) is 45.2 Å². The van der Waals surface area contributed by atoms with Crippen molar-refractivity contribution in [2.24, 2.45) is 5.92 Å². The van der Waals surface area contributed by atoms with Crippen molar-refractivity contribution >= 4 is 17.0 Å². The molecule has 0 spiro atoms. The Kier molecular flexibility index (Phi) is 7.96. The number of benzene rings is 1. The number of Topliss-reactive ketones (excluding diaryl/α,β-unsaturated/α-hetero) is 1. The summed E-state index contributed by atoms with van der Waals surface area (Å²) in [6.45, 7) is 5.61. The van der Waals surface area contributed by atoms with E-state index in [1.54, 1.807) is 13.0 Å². The molecule has 0 saturated carbocycles. The molecule has 6 nitrogen and oxygen atoms in total. The SMILES string of the molecule is CCNc1cc(Cc2cc(F)c(C(=O)CC3CCN(C4COC4)CC3)cc2OC)nc2c1C(C(F)(F)F)=CC2. The molecule has 0 atom stereocenters. The monoisotopic (exact) mass is 547 g/mol. The molecule has 39 heavy (non-hydrogen) atoms. The van der Waals surface area contributed by atoms with Crippen LogP contribution in [-0.2, 0) is 17.6 Å². The first-order valence-electron chi connectivity index (χ1n) is 13.4. The van der Waals surface area contributed by atoms with Gasteiger partial charge in [-0.1, -0.05) is 6.08 Å². The molecule has 2 fully saturated rings. The van der Waals surface area contributed by atoms with Gasteiger partial charge in [0.15, 0.2) is 5.78 Å². The number of methoxy groups -OCH3 is 1. The quantitative estimate of drug-likeness (QED) is 0.333. The number of ketones is 1. The summed E-state index contributed by atoms with van der Waals surface area (Å²) in [6, 6.07) is 4.78. The summed E-state index contributed by atoms with van der Waals surface area (Å²) in [5.74, 6) is -0.330. The Hall–Kier alpha value is -2.98. The summed E-state index contributed by atoms with van der Waals surface area (Å²) < 4.78 is 66.7. The number of hydrogen-bond donors (Lipinski definition) is 1. The number of nitrogens with zero attached hydrogens (tertiary/aromatic N) is 2. The molecule has 0 unspecified atom stereocenters. The van der Waals surface area contributed by atoms with E-state index in [1.165, 1.54) is 19.2 Å². The van der Waals surface area contributed by atoms with Crippen LogP contribution >= 0.6 is 0 Å². The van der Waals surface area contributed by atoms with E-state index < -0.39 is 17.6 Å². The number of hydrogen-bond acceptors (Lipinski definition) is 6. The number of rotatable bonds is 9. The van der Waals surface area contributed by atoms with Gasteiger partial charge in [-0.2, -0.15) is 13.2 Å². The van der Waals surface area contributed by atoms with Crippen LogP contribution in [0.3, 0.4) is 0 Å². The highest BCUT2D eigenvalue weighted by Crippen LogP contribution is 2.43. The van der Waals surface area contributed by atoms with E-state index in [1.807, 2.05) is 0 Å². The predicted molar refractivity (Wildman–Crippen MR) is 140 cm³/mol. The number of likely N-dealkylation sites (tertiary alicyclic amines) is 1. The molecule has 210 valence electrons. The molecule has 3 aliphatic rings. The highest BCUT2D eigenvalue weighted by molar-refractivity contribution is 5.97. The number of pyridine rings is 1. The van der Waals surface area contributed by atoms with Crippen LogP contribution in [0.15, 0.2) is 24.3 Å². The van der Waals surface area contributed by atoms with E-state index in [2.05, 4.69) is 15.2 Å². The lowest BCUT2D eigenvalue weighted by Gasteiger charge is -2.41. The summed E-state index contributed by atoms with van der Waals surface area (Å²) >= 11 is 0. The van der Waals surface area contributed by atoms with Crippen molar-refractivity contribution in [3.05, 3.63) is 58.2 Å². The second kappa shape index (κ2) is 11.3. The van der Waals surface area contributed by atoms with E-state index in [4.69, 9.17) is 9.47 Å². The molecular weight excluding hydrogens is 514 g/mol. The minimum atomic E-state index is -4.48. The van der Waals surface area contributed by atoms with Crippen LogP contribution < -0.4 is 10.1 Å². The molecule has 1 aromatic carbocycles. The maximum atomic E-state index is 15.2. The van der Waals surface area contributed by atoms with E-state index in [9.17, 15) is 18.0 Å². The molecule has 1 aromatic heterocycles. The van der Waals surface area contributed by atoms with Crippen LogP contribution in [0, 0.1) is 11.7 Å². The van der Waals surface area contributed by atoms with Gasteiger partial charge in [-0.3, -0.25) is 14.7 Å². The normalized spacial score (nSPS) is 18.5. The van der Waals surface area contributed by atoms with Gasteiger partial charge in [-0.25, -0.2) is 4.39 Å².